The van der Waals surface area contributed by atoms with E-state index in [9.17, 15) is 0 Å². The summed E-state index contributed by atoms with van der Waals surface area (Å²) in [6, 6.07) is 7.72. The smallest absolute Gasteiger partial charge is 0.0141 e. The first-order valence-corrected chi connectivity index (χ1v) is 4.26. The molecule has 57 valence electrons. The molecule has 0 amide bonds. The van der Waals surface area contributed by atoms with Gasteiger partial charge in [0.2, 0.25) is 0 Å². The van der Waals surface area contributed by atoms with E-state index in [-0.39, 0.29) is 0 Å². The van der Waals surface area contributed by atoms with Crippen LogP contribution < -0.4 is 0 Å². The summed E-state index contributed by atoms with van der Waals surface area (Å²) in [6.07, 6.45) is 2.75. The van der Waals surface area contributed by atoms with Gasteiger partial charge in [-0.2, -0.15) is 0 Å². The Bertz CT molecular complexity index is 269. The maximum Gasteiger partial charge on any atom is -0.0141 e. The normalized spacial score (nSPS) is 16.9. The molecule has 0 bridgehead atoms. The van der Waals surface area contributed by atoms with Gasteiger partial charge in [0.05, 0.1) is 0 Å². The number of hydrogen-bond donors (Lipinski definition) is 0. The molecule has 2 rings (SSSR count). The van der Waals surface area contributed by atoms with Crippen molar-refractivity contribution in [3.8, 4) is 0 Å². The van der Waals surface area contributed by atoms with Crippen LogP contribution in [0.4, 0.5) is 0 Å². The minimum Gasteiger partial charge on any atom is -0.0561 e. The van der Waals surface area contributed by atoms with E-state index in [1.807, 2.05) is 0 Å². The van der Waals surface area contributed by atoms with E-state index in [4.69, 9.17) is 0 Å². The summed E-state index contributed by atoms with van der Waals surface area (Å²) in [5.74, 6) is 0.843. The zero-order valence-corrected chi connectivity index (χ0v) is 7.15. The SMILES string of the molecule is Cc1c[c]c(C2CC2)c(C)c1. The van der Waals surface area contributed by atoms with Gasteiger partial charge in [-0.1, -0.05) is 17.7 Å². The summed E-state index contributed by atoms with van der Waals surface area (Å²) in [4.78, 5) is 0. The molecule has 1 radical (unpaired) electrons. The summed E-state index contributed by atoms with van der Waals surface area (Å²) < 4.78 is 0. The Hall–Kier alpha value is -0.780. The largest absolute Gasteiger partial charge is 0.0561 e. The van der Waals surface area contributed by atoms with Crippen molar-refractivity contribution in [2.45, 2.75) is 32.6 Å². The Morgan fingerprint density at radius 2 is 2.09 bits per heavy atom. The van der Waals surface area contributed by atoms with Crippen molar-refractivity contribution in [3.05, 3.63) is 34.9 Å². The summed E-state index contributed by atoms with van der Waals surface area (Å²) in [6.45, 7) is 4.32. The van der Waals surface area contributed by atoms with Gasteiger partial charge in [0.25, 0.3) is 0 Å². The van der Waals surface area contributed by atoms with E-state index in [2.05, 4.69) is 32.0 Å². The molecule has 1 aliphatic rings. The summed E-state index contributed by atoms with van der Waals surface area (Å²) in [5, 5.41) is 0. The molecule has 0 heteroatoms. The van der Waals surface area contributed by atoms with E-state index in [0.717, 1.165) is 5.92 Å². The highest BCUT2D eigenvalue weighted by molar-refractivity contribution is 5.34. The van der Waals surface area contributed by atoms with Crippen molar-refractivity contribution >= 4 is 0 Å². The van der Waals surface area contributed by atoms with Crippen molar-refractivity contribution in [1.29, 1.82) is 0 Å². The number of rotatable bonds is 1. The van der Waals surface area contributed by atoms with E-state index in [0.29, 0.717) is 0 Å². The van der Waals surface area contributed by atoms with Crippen LogP contribution in [0, 0.1) is 19.9 Å². The lowest BCUT2D eigenvalue weighted by atomic mass is 10.0. The maximum atomic E-state index is 3.37. The van der Waals surface area contributed by atoms with Crippen LogP contribution in [-0.2, 0) is 0 Å². The fourth-order valence-electron chi connectivity index (χ4n) is 1.58. The average Bonchev–Trinajstić information content (AvgIpc) is 2.70. The lowest BCUT2D eigenvalue weighted by molar-refractivity contribution is 1.09. The molecule has 0 saturated heterocycles. The molecule has 1 aliphatic carbocycles. The molecular weight excluding hydrogens is 132 g/mol. The zero-order valence-electron chi connectivity index (χ0n) is 7.15. The topological polar surface area (TPSA) is 0 Å². The molecule has 1 fully saturated rings. The molecule has 0 N–H and O–H groups in total. The van der Waals surface area contributed by atoms with Crippen molar-refractivity contribution in [1.82, 2.24) is 0 Å². The number of benzene rings is 1. The second-order valence-electron chi connectivity index (χ2n) is 3.55. The van der Waals surface area contributed by atoms with Crippen molar-refractivity contribution in [3.63, 3.8) is 0 Å². The van der Waals surface area contributed by atoms with Gasteiger partial charge >= 0.3 is 0 Å². The molecule has 0 aliphatic heterocycles. The van der Waals surface area contributed by atoms with Crippen molar-refractivity contribution < 1.29 is 0 Å². The minimum absolute atomic E-state index is 0.843. The Balaban J connectivity index is 2.39. The number of hydrogen-bond acceptors (Lipinski definition) is 0. The van der Waals surface area contributed by atoms with Crippen LogP contribution in [0.15, 0.2) is 12.1 Å². The molecule has 0 nitrogen and oxygen atoms in total. The Morgan fingerprint density at radius 1 is 1.36 bits per heavy atom. The van der Waals surface area contributed by atoms with Crippen LogP contribution in [0.25, 0.3) is 0 Å². The third-order valence-corrected chi connectivity index (χ3v) is 2.31. The Labute approximate surface area is 68.3 Å². The van der Waals surface area contributed by atoms with Gasteiger partial charge in [-0.15, -0.1) is 0 Å². The summed E-state index contributed by atoms with van der Waals surface area (Å²) in [5.41, 5.74) is 4.20. The Morgan fingerprint density at radius 3 is 2.64 bits per heavy atom. The van der Waals surface area contributed by atoms with Gasteiger partial charge in [0.15, 0.2) is 0 Å². The Kier molecular flexibility index (Phi) is 1.49. The third kappa shape index (κ3) is 1.30. The molecule has 0 aromatic heterocycles. The molecule has 1 saturated carbocycles. The van der Waals surface area contributed by atoms with Crippen LogP contribution in [0.5, 0.6) is 0 Å². The number of aryl methyl sites for hydroxylation is 2. The molecule has 1 aromatic rings. The van der Waals surface area contributed by atoms with Gasteiger partial charge in [0.1, 0.15) is 0 Å². The first-order valence-electron chi connectivity index (χ1n) is 4.26. The lowest BCUT2D eigenvalue weighted by Crippen LogP contribution is -1.86. The van der Waals surface area contributed by atoms with Gasteiger partial charge < -0.3 is 0 Å². The van der Waals surface area contributed by atoms with Gasteiger partial charge in [0, 0.05) is 0 Å². The maximum absolute atomic E-state index is 3.37. The first-order chi connectivity index (χ1) is 5.27. The highest BCUT2D eigenvalue weighted by atomic mass is 14.3. The standard InChI is InChI=1S/C11H13/c1-8-3-6-11(9(2)7-8)10-4-5-10/h3,7,10H,4-5H2,1-2H3. The fraction of sp³-hybridized carbons (Fsp3) is 0.455. The van der Waals surface area contributed by atoms with Crippen LogP contribution in [0.1, 0.15) is 35.4 Å². The van der Waals surface area contributed by atoms with E-state index < -0.39 is 0 Å². The predicted molar refractivity (Wildman–Crippen MR) is 46.7 cm³/mol. The molecular formula is C11H13. The molecule has 11 heavy (non-hydrogen) atoms. The summed E-state index contributed by atoms with van der Waals surface area (Å²) in [7, 11) is 0. The second-order valence-corrected chi connectivity index (χ2v) is 3.55. The first kappa shape index (κ1) is 6.90. The van der Waals surface area contributed by atoms with Crippen molar-refractivity contribution in [2.24, 2.45) is 0 Å². The molecule has 0 atom stereocenters. The van der Waals surface area contributed by atoms with E-state index in [1.54, 1.807) is 0 Å². The lowest BCUT2D eigenvalue weighted by Gasteiger charge is -2.03. The quantitative estimate of drug-likeness (QED) is 0.570. The van der Waals surface area contributed by atoms with Crippen LogP contribution >= 0.6 is 0 Å². The fourth-order valence-corrected chi connectivity index (χ4v) is 1.58. The van der Waals surface area contributed by atoms with Gasteiger partial charge in [-0.05, 0) is 49.8 Å². The highest BCUT2D eigenvalue weighted by Crippen LogP contribution is 2.41. The third-order valence-electron chi connectivity index (χ3n) is 2.31. The van der Waals surface area contributed by atoms with Crippen LogP contribution in [-0.4, -0.2) is 0 Å². The minimum atomic E-state index is 0.843. The van der Waals surface area contributed by atoms with Crippen LogP contribution in [0.2, 0.25) is 0 Å². The van der Waals surface area contributed by atoms with E-state index in [1.165, 1.54) is 29.5 Å². The highest BCUT2D eigenvalue weighted by Gasteiger charge is 2.24. The monoisotopic (exact) mass is 145 g/mol. The molecule has 0 unspecified atom stereocenters. The second kappa shape index (κ2) is 2.37. The molecule has 0 heterocycles. The van der Waals surface area contributed by atoms with Gasteiger partial charge in [-0.3, -0.25) is 0 Å². The van der Waals surface area contributed by atoms with Crippen LogP contribution in [0.3, 0.4) is 0 Å². The molecule has 1 aromatic carbocycles. The van der Waals surface area contributed by atoms with Gasteiger partial charge in [-0.25, -0.2) is 0 Å². The molecule has 0 spiro atoms. The zero-order chi connectivity index (χ0) is 7.84. The predicted octanol–water partition coefficient (Wildman–Crippen LogP) is 2.98. The van der Waals surface area contributed by atoms with E-state index >= 15 is 0 Å². The average molecular weight is 145 g/mol. The summed E-state index contributed by atoms with van der Waals surface area (Å²) >= 11 is 0. The van der Waals surface area contributed by atoms with Crippen molar-refractivity contribution in [2.75, 3.05) is 0 Å².